The van der Waals surface area contributed by atoms with Crippen LogP contribution < -0.4 is 16.2 Å². The highest BCUT2D eigenvalue weighted by Gasteiger charge is 2.52. The topological polar surface area (TPSA) is 189 Å². The van der Waals surface area contributed by atoms with E-state index in [2.05, 4.69) is 4.72 Å². The zero-order chi connectivity index (χ0) is 32.9. The number of primary amides is 1. The molecule has 1 heterocycles. The molecule has 6 N–H and O–H groups in total. The number of methoxy groups -OCH3 is 1. The van der Waals surface area contributed by atoms with E-state index < -0.39 is 51.7 Å². The lowest BCUT2D eigenvalue weighted by Gasteiger charge is -2.48. The van der Waals surface area contributed by atoms with Crippen molar-refractivity contribution in [1.82, 2.24) is 14.5 Å². The van der Waals surface area contributed by atoms with Gasteiger partial charge in [-0.2, -0.15) is 4.72 Å². The van der Waals surface area contributed by atoms with E-state index in [0.29, 0.717) is 35.4 Å². The summed E-state index contributed by atoms with van der Waals surface area (Å²) in [4.78, 5) is 43.3. The van der Waals surface area contributed by atoms with Crippen LogP contribution in [0.1, 0.15) is 31.7 Å². The molecule has 0 aromatic heterocycles. The minimum atomic E-state index is -4.37. The van der Waals surface area contributed by atoms with Crippen LogP contribution in [0.25, 0.3) is 10.8 Å². The number of esters is 1. The van der Waals surface area contributed by atoms with E-state index in [-0.39, 0.29) is 23.9 Å². The van der Waals surface area contributed by atoms with Crippen molar-refractivity contribution < 1.29 is 27.5 Å². The van der Waals surface area contributed by atoms with Gasteiger partial charge in [-0.3, -0.25) is 15.0 Å². The maximum atomic E-state index is 14.6. The van der Waals surface area contributed by atoms with Crippen molar-refractivity contribution in [2.75, 3.05) is 20.2 Å². The molecule has 0 radical (unpaired) electrons. The van der Waals surface area contributed by atoms with Gasteiger partial charge in [0.2, 0.25) is 21.8 Å². The monoisotopic (exact) mass is 656 g/mol. The average Bonchev–Trinajstić information content (AvgIpc) is 3.01. The summed E-state index contributed by atoms with van der Waals surface area (Å²) in [5, 5.41) is 9.82. The second-order valence-electron chi connectivity index (χ2n) is 11.2. The molecule has 1 aliphatic heterocycles. The molecule has 45 heavy (non-hydrogen) atoms. The van der Waals surface area contributed by atoms with Gasteiger partial charge < -0.3 is 26.0 Å². The number of rotatable bonds is 11. The Bertz CT molecular complexity index is 1720. The lowest BCUT2D eigenvalue weighted by molar-refractivity contribution is -0.168. The van der Waals surface area contributed by atoms with Crippen LogP contribution in [0.4, 0.5) is 0 Å². The summed E-state index contributed by atoms with van der Waals surface area (Å²) in [5.41, 5.74) is 10.2. The number of carbonyl (C=O) groups is 3. The summed E-state index contributed by atoms with van der Waals surface area (Å²) in [6.45, 7) is 1.99. The quantitative estimate of drug-likeness (QED) is 0.138. The molecule has 1 fully saturated rings. The summed E-state index contributed by atoms with van der Waals surface area (Å²) < 4.78 is 35.0. The number of amides is 2. The Morgan fingerprint density at radius 2 is 1.82 bits per heavy atom. The van der Waals surface area contributed by atoms with Crippen molar-refractivity contribution in [3.8, 4) is 0 Å². The second-order valence-corrected chi connectivity index (χ2v) is 13.4. The third kappa shape index (κ3) is 7.55. The molecule has 0 bridgehead atoms. The zero-order valence-electron chi connectivity index (χ0n) is 25.0. The molecule has 3 atom stereocenters. The average molecular weight is 657 g/mol. The van der Waals surface area contributed by atoms with E-state index in [0.717, 1.165) is 5.39 Å². The van der Waals surface area contributed by atoms with Crippen molar-refractivity contribution >= 4 is 56.1 Å². The molecule has 12 nitrogen and oxygen atoms in total. The normalized spacial score (nSPS) is 17.2. The van der Waals surface area contributed by atoms with Gasteiger partial charge in [0.1, 0.15) is 11.6 Å². The third-order valence-electron chi connectivity index (χ3n) is 8.24. The number of hydrogen-bond donors (Lipinski definition) is 4. The third-order valence-corrected chi connectivity index (χ3v) is 9.95. The van der Waals surface area contributed by atoms with E-state index in [4.69, 9.17) is 33.2 Å². The highest BCUT2D eigenvalue weighted by atomic mass is 35.5. The van der Waals surface area contributed by atoms with E-state index in [1.54, 1.807) is 47.4 Å². The Balaban J connectivity index is 1.81. The van der Waals surface area contributed by atoms with Gasteiger partial charge in [-0.05, 0) is 60.4 Å². The van der Waals surface area contributed by atoms with Crippen LogP contribution in [-0.2, 0) is 35.7 Å². The maximum absolute atomic E-state index is 14.6. The van der Waals surface area contributed by atoms with Crippen molar-refractivity contribution in [2.45, 2.75) is 49.2 Å². The van der Waals surface area contributed by atoms with E-state index >= 15 is 0 Å². The largest absolute Gasteiger partial charge is 0.467 e. The van der Waals surface area contributed by atoms with Gasteiger partial charge in [0.25, 0.3) is 0 Å². The summed E-state index contributed by atoms with van der Waals surface area (Å²) in [7, 11) is -3.17. The van der Waals surface area contributed by atoms with Crippen molar-refractivity contribution in [3.05, 3.63) is 77.3 Å². The molecule has 1 unspecified atom stereocenters. The molecule has 240 valence electrons. The first kappa shape index (κ1) is 33.7. The first-order chi connectivity index (χ1) is 21.3. The van der Waals surface area contributed by atoms with E-state index in [1.165, 1.54) is 31.1 Å². The molecule has 0 aliphatic carbocycles. The van der Waals surface area contributed by atoms with Gasteiger partial charge >= 0.3 is 5.97 Å². The Kier molecular flexibility index (Phi) is 10.4. The summed E-state index contributed by atoms with van der Waals surface area (Å²) in [6, 6.07) is 16.7. The second kappa shape index (κ2) is 13.8. The Labute approximate surface area is 267 Å². The minimum absolute atomic E-state index is 0.120. The number of nitrogens with one attached hydrogen (secondary N) is 2. The fourth-order valence-electron chi connectivity index (χ4n) is 5.81. The number of sulfonamides is 1. The Morgan fingerprint density at radius 3 is 2.47 bits per heavy atom. The molecule has 0 spiro atoms. The SMILES string of the molecule is COC(=O)C(C)([C@H]1CCCN(C(=N)N)C1)N(Cc1cccc(Cl)c1)C(=O)[C@H](CC(N)=O)NS(=O)(=O)c1ccc2ccccc2c1. The van der Waals surface area contributed by atoms with Crippen molar-refractivity contribution in [1.29, 1.82) is 5.41 Å². The van der Waals surface area contributed by atoms with Gasteiger partial charge in [-0.25, -0.2) is 13.2 Å². The molecule has 3 aromatic rings. The molecule has 1 saturated heterocycles. The van der Waals surface area contributed by atoms with Crippen LogP contribution in [0.3, 0.4) is 0 Å². The lowest BCUT2D eigenvalue weighted by Crippen LogP contribution is -2.65. The number of hydrogen-bond acceptors (Lipinski definition) is 7. The van der Waals surface area contributed by atoms with Crippen LogP contribution in [0.5, 0.6) is 0 Å². The lowest BCUT2D eigenvalue weighted by atomic mass is 9.78. The predicted octanol–water partition coefficient (Wildman–Crippen LogP) is 2.58. The molecule has 2 amide bonds. The number of benzene rings is 3. The first-order valence-corrected chi connectivity index (χ1v) is 16.1. The van der Waals surface area contributed by atoms with Gasteiger partial charge in [-0.15, -0.1) is 0 Å². The fraction of sp³-hybridized carbons (Fsp3) is 0.355. The number of fused-ring (bicyclic) bond motifs is 1. The molecule has 1 aliphatic rings. The molecule has 0 saturated carbocycles. The van der Waals surface area contributed by atoms with Crippen LogP contribution >= 0.6 is 11.6 Å². The van der Waals surface area contributed by atoms with Gasteiger partial charge in [0.05, 0.1) is 18.4 Å². The summed E-state index contributed by atoms with van der Waals surface area (Å²) in [5.74, 6) is -3.33. The van der Waals surface area contributed by atoms with Gasteiger partial charge in [-0.1, -0.05) is 54.1 Å². The number of halogens is 1. The highest BCUT2D eigenvalue weighted by Crippen LogP contribution is 2.36. The number of likely N-dealkylation sites (tertiary alicyclic amines) is 1. The summed E-state index contributed by atoms with van der Waals surface area (Å²) >= 11 is 6.25. The van der Waals surface area contributed by atoms with E-state index in [9.17, 15) is 22.8 Å². The fourth-order valence-corrected chi connectivity index (χ4v) is 7.24. The minimum Gasteiger partial charge on any atom is -0.467 e. The Morgan fingerprint density at radius 1 is 1.11 bits per heavy atom. The summed E-state index contributed by atoms with van der Waals surface area (Å²) in [6.07, 6.45) is 0.354. The van der Waals surface area contributed by atoms with Crippen molar-refractivity contribution in [2.24, 2.45) is 17.4 Å². The smallest absolute Gasteiger partial charge is 0.331 e. The van der Waals surface area contributed by atoms with Crippen LogP contribution in [0.15, 0.2) is 71.6 Å². The zero-order valence-corrected chi connectivity index (χ0v) is 26.6. The van der Waals surface area contributed by atoms with Crippen LogP contribution in [-0.4, -0.2) is 73.7 Å². The number of nitrogens with two attached hydrogens (primary N) is 2. The molecular weight excluding hydrogens is 620 g/mol. The number of guanidine groups is 1. The molecule has 4 rings (SSSR count). The number of carbonyl (C=O) groups excluding carboxylic acids is 3. The standard InChI is InChI=1S/C31H37ClN6O6S/c1-31(29(41)44-2,23-10-6-14-37(19-23)30(34)35)38(18-20-7-5-11-24(32)15-20)28(40)26(17-27(33)39)36-45(42,43)25-13-12-21-8-3-4-9-22(21)16-25/h3-5,7-9,11-13,15-16,23,26,36H,6,10,14,17-19H2,1-2H3,(H2,33,39)(H3,34,35)/t23-,26-,31?/m0/s1. The van der Waals surface area contributed by atoms with Gasteiger partial charge in [0, 0.05) is 30.6 Å². The predicted molar refractivity (Wildman–Crippen MR) is 171 cm³/mol. The van der Waals surface area contributed by atoms with Crippen LogP contribution in [0.2, 0.25) is 5.02 Å². The number of piperidine rings is 1. The molecule has 14 heteroatoms. The van der Waals surface area contributed by atoms with E-state index in [1.807, 2.05) is 12.1 Å². The Hall–Kier alpha value is -4.20. The maximum Gasteiger partial charge on any atom is 0.331 e. The van der Waals surface area contributed by atoms with Crippen molar-refractivity contribution in [3.63, 3.8) is 0 Å². The molecule has 3 aromatic carbocycles. The number of ether oxygens (including phenoxy) is 1. The van der Waals surface area contributed by atoms with Gasteiger partial charge in [0.15, 0.2) is 5.96 Å². The highest BCUT2D eigenvalue weighted by molar-refractivity contribution is 7.89. The van der Waals surface area contributed by atoms with Crippen LogP contribution in [0, 0.1) is 11.3 Å². The first-order valence-electron chi connectivity index (χ1n) is 14.3. The molecular formula is C31H37ClN6O6S. The number of nitrogens with zero attached hydrogens (tertiary/aromatic N) is 2.